The third-order valence-corrected chi connectivity index (χ3v) is 4.13. The van der Waals surface area contributed by atoms with E-state index in [1.807, 2.05) is 4.57 Å². The van der Waals surface area contributed by atoms with Gasteiger partial charge >= 0.3 is 5.97 Å². The van der Waals surface area contributed by atoms with Crippen molar-refractivity contribution in [1.82, 2.24) is 9.55 Å². The van der Waals surface area contributed by atoms with Crippen LogP contribution in [0.2, 0.25) is 5.15 Å². The Bertz CT molecular complexity index is 679. The molecule has 0 amide bonds. The summed E-state index contributed by atoms with van der Waals surface area (Å²) in [6.07, 6.45) is 1.24. The first kappa shape index (κ1) is 13.9. The van der Waals surface area contributed by atoms with Crippen LogP contribution >= 0.6 is 11.6 Å². The second-order valence-corrected chi connectivity index (χ2v) is 5.44. The molecule has 0 radical (unpaired) electrons. The number of esters is 1. The number of carbonyl (C=O) groups is 1. The maximum atomic E-state index is 11.7. The highest BCUT2D eigenvalue weighted by molar-refractivity contribution is 6.30. The number of hydrogen-bond donors (Lipinski definition) is 1. The zero-order valence-corrected chi connectivity index (χ0v) is 12.3. The van der Waals surface area contributed by atoms with Gasteiger partial charge in [0.1, 0.15) is 11.6 Å². The van der Waals surface area contributed by atoms with Crippen molar-refractivity contribution in [3.63, 3.8) is 0 Å². The van der Waals surface area contributed by atoms with Gasteiger partial charge in [-0.3, -0.25) is 4.79 Å². The summed E-state index contributed by atoms with van der Waals surface area (Å²) in [7, 11) is 1.40. The lowest BCUT2D eigenvalue weighted by Crippen LogP contribution is -2.26. The minimum atomic E-state index is -0.204. The molecular formula is C15H15ClN2O3. The van der Waals surface area contributed by atoms with Crippen LogP contribution in [0.15, 0.2) is 24.3 Å². The molecule has 2 aromatic rings. The van der Waals surface area contributed by atoms with E-state index in [0.29, 0.717) is 24.5 Å². The number of phenols is 1. The topological polar surface area (TPSA) is 64.3 Å². The maximum Gasteiger partial charge on any atom is 0.309 e. The fourth-order valence-corrected chi connectivity index (χ4v) is 2.97. The number of phenolic OH excluding ortho intramolecular Hbond substituents is 1. The highest BCUT2D eigenvalue weighted by atomic mass is 35.5. The van der Waals surface area contributed by atoms with E-state index in [2.05, 4.69) is 4.98 Å². The van der Waals surface area contributed by atoms with Crippen LogP contribution in [0.25, 0.3) is 11.4 Å². The summed E-state index contributed by atoms with van der Waals surface area (Å²) in [6, 6.07) is 6.83. The largest absolute Gasteiger partial charge is 0.508 e. The average molecular weight is 307 g/mol. The molecule has 5 nitrogen and oxygen atoms in total. The first-order valence-electron chi connectivity index (χ1n) is 6.72. The second-order valence-electron chi connectivity index (χ2n) is 5.08. The second kappa shape index (κ2) is 5.41. The van der Waals surface area contributed by atoms with Crippen molar-refractivity contribution in [2.45, 2.75) is 19.4 Å². The van der Waals surface area contributed by atoms with Crippen molar-refractivity contribution in [3.8, 4) is 17.1 Å². The van der Waals surface area contributed by atoms with Gasteiger partial charge in [-0.1, -0.05) is 11.6 Å². The van der Waals surface area contributed by atoms with Crippen molar-refractivity contribution in [2.75, 3.05) is 7.11 Å². The molecule has 0 aliphatic carbocycles. The van der Waals surface area contributed by atoms with E-state index in [1.54, 1.807) is 24.3 Å². The molecule has 3 rings (SSSR count). The van der Waals surface area contributed by atoms with Crippen LogP contribution in [0.1, 0.15) is 12.1 Å². The maximum absolute atomic E-state index is 11.7. The summed E-state index contributed by atoms with van der Waals surface area (Å²) in [5, 5.41) is 9.79. The van der Waals surface area contributed by atoms with E-state index in [-0.39, 0.29) is 17.6 Å². The van der Waals surface area contributed by atoms with Crippen LogP contribution in [-0.2, 0) is 22.5 Å². The van der Waals surface area contributed by atoms with Gasteiger partial charge in [0.2, 0.25) is 0 Å². The van der Waals surface area contributed by atoms with Crippen LogP contribution in [0.5, 0.6) is 5.75 Å². The summed E-state index contributed by atoms with van der Waals surface area (Å²) in [5.74, 6) is 0.605. The number of halogens is 1. The molecule has 0 spiro atoms. The molecular weight excluding hydrogens is 292 g/mol. The van der Waals surface area contributed by atoms with Crippen LogP contribution in [0.3, 0.4) is 0 Å². The minimum absolute atomic E-state index is 0.163. The number of aromatic hydroxyl groups is 1. The predicted molar refractivity (Wildman–Crippen MR) is 78.2 cm³/mol. The van der Waals surface area contributed by atoms with Gasteiger partial charge in [-0.15, -0.1) is 0 Å². The van der Waals surface area contributed by atoms with Crippen molar-refractivity contribution in [3.05, 3.63) is 35.1 Å². The van der Waals surface area contributed by atoms with Crippen LogP contribution in [0, 0.1) is 5.92 Å². The van der Waals surface area contributed by atoms with E-state index in [4.69, 9.17) is 16.3 Å². The molecule has 2 heterocycles. The number of ether oxygens (including phenoxy) is 1. The van der Waals surface area contributed by atoms with Gasteiger partial charge in [0.25, 0.3) is 0 Å². The highest BCUT2D eigenvalue weighted by Gasteiger charge is 2.29. The Balaban J connectivity index is 1.97. The molecule has 1 unspecified atom stereocenters. The highest BCUT2D eigenvalue weighted by Crippen LogP contribution is 2.33. The minimum Gasteiger partial charge on any atom is -0.508 e. The molecule has 1 atom stereocenters. The lowest BCUT2D eigenvalue weighted by atomic mass is 9.96. The normalized spacial score (nSPS) is 17.3. The molecule has 1 aliphatic heterocycles. The fourth-order valence-electron chi connectivity index (χ4n) is 2.71. The third-order valence-electron chi connectivity index (χ3n) is 3.82. The Morgan fingerprint density at radius 2 is 2.14 bits per heavy atom. The molecule has 0 saturated heterocycles. The average Bonchev–Trinajstić information content (AvgIpc) is 2.84. The molecule has 1 aromatic heterocycles. The number of methoxy groups -OCH3 is 1. The molecule has 0 saturated carbocycles. The number of hydrogen-bond acceptors (Lipinski definition) is 4. The Hall–Kier alpha value is -2.01. The number of fused-ring (bicyclic) bond motifs is 1. The molecule has 1 N–H and O–H groups in total. The Kier molecular flexibility index (Phi) is 3.59. The van der Waals surface area contributed by atoms with Crippen LogP contribution in [-0.4, -0.2) is 27.7 Å². The number of benzene rings is 1. The summed E-state index contributed by atoms with van der Waals surface area (Å²) in [4.78, 5) is 16.1. The van der Waals surface area contributed by atoms with Crippen LogP contribution < -0.4 is 0 Å². The van der Waals surface area contributed by atoms with Gasteiger partial charge in [0.05, 0.1) is 18.7 Å². The van der Waals surface area contributed by atoms with Crippen molar-refractivity contribution < 1.29 is 14.6 Å². The first-order valence-corrected chi connectivity index (χ1v) is 7.10. The molecule has 1 aliphatic rings. The molecule has 0 bridgehead atoms. The van der Waals surface area contributed by atoms with Gasteiger partial charge in [-0.25, -0.2) is 4.98 Å². The standard InChI is InChI=1S/C15H15ClN2O3/c1-21-15(20)10-6-7-18-12(8-10)13(16)17-14(18)9-2-4-11(19)5-3-9/h2-5,10,19H,6-8H2,1H3. The monoisotopic (exact) mass is 306 g/mol. The third kappa shape index (κ3) is 2.49. The fraction of sp³-hybridized carbons (Fsp3) is 0.333. The van der Waals surface area contributed by atoms with Gasteiger partial charge in [0, 0.05) is 18.5 Å². The van der Waals surface area contributed by atoms with Crippen molar-refractivity contribution >= 4 is 17.6 Å². The zero-order chi connectivity index (χ0) is 15.0. The number of nitrogens with zero attached hydrogens (tertiary/aromatic N) is 2. The number of rotatable bonds is 2. The smallest absolute Gasteiger partial charge is 0.309 e. The van der Waals surface area contributed by atoms with Gasteiger partial charge in [-0.2, -0.15) is 0 Å². The summed E-state index contributed by atoms with van der Waals surface area (Å²) < 4.78 is 6.85. The molecule has 0 fully saturated rings. The summed E-state index contributed by atoms with van der Waals surface area (Å²) in [6.45, 7) is 0.672. The van der Waals surface area contributed by atoms with Gasteiger partial charge in [-0.05, 0) is 30.7 Å². The van der Waals surface area contributed by atoms with Gasteiger partial charge < -0.3 is 14.4 Å². The Morgan fingerprint density at radius 3 is 2.81 bits per heavy atom. The van der Waals surface area contributed by atoms with Crippen molar-refractivity contribution in [1.29, 1.82) is 0 Å². The van der Waals surface area contributed by atoms with E-state index in [1.165, 1.54) is 7.11 Å². The number of carbonyl (C=O) groups excluding carboxylic acids is 1. The first-order chi connectivity index (χ1) is 10.1. The Morgan fingerprint density at radius 1 is 1.43 bits per heavy atom. The van der Waals surface area contributed by atoms with E-state index in [0.717, 1.165) is 17.1 Å². The summed E-state index contributed by atoms with van der Waals surface area (Å²) >= 11 is 6.22. The van der Waals surface area contributed by atoms with E-state index < -0.39 is 0 Å². The quantitative estimate of drug-likeness (QED) is 0.866. The molecule has 21 heavy (non-hydrogen) atoms. The molecule has 1 aromatic carbocycles. The SMILES string of the molecule is COC(=O)C1CCn2c(-c3ccc(O)cc3)nc(Cl)c2C1. The van der Waals surface area contributed by atoms with Crippen LogP contribution in [0.4, 0.5) is 0 Å². The lowest BCUT2D eigenvalue weighted by Gasteiger charge is -2.23. The van der Waals surface area contributed by atoms with Crippen molar-refractivity contribution in [2.24, 2.45) is 5.92 Å². The molecule has 110 valence electrons. The van der Waals surface area contributed by atoms with E-state index >= 15 is 0 Å². The molecule has 6 heteroatoms. The summed E-state index contributed by atoms with van der Waals surface area (Å²) in [5.41, 5.74) is 1.75. The van der Waals surface area contributed by atoms with E-state index in [9.17, 15) is 9.90 Å². The zero-order valence-electron chi connectivity index (χ0n) is 11.5. The van der Waals surface area contributed by atoms with Gasteiger partial charge in [0.15, 0.2) is 5.15 Å². The number of aromatic nitrogens is 2. The Labute approximate surface area is 127 Å². The number of imidazole rings is 1. The lowest BCUT2D eigenvalue weighted by molar-refractivity contribution is -0.146. The predicted octanol–water partition coefficient (Wildman–Crippen LogP) is 2.64.